The summed E-state index contributed by atoms with van der Waals surface area (Å²) in [6.07, 6.45) is 10.2. The largest absolute Gasteiger partial charge is 0.467 e. The SMILES string of the molecule is COC(=O)C(CCC(N)=O)NC(=O)C(C)=CCCC1(C)C(=O)C=CC23CC4CC(OC4(C)C2)C31. The first-order chi connectivity index (χ1) is 15.9. The molecule has 3 aliphatic carbocycles. The smallest absolute Gasteiger partial charge is 0.328 e. The molecule has 2 heterocycles. The summed E-state index contributed by atoms with van der Waals surface area (Å²) in [6, 6.07) is -0.946. The molecule has 7 unspecified atom stereocenters. The van der Waals surface area contributed by atoms with Gasteiger partial charge in [-0.25, -0.2) is 4.79 Å². The lowest BCUT2D eigenvalue weighted by Gasteiger charge is -2.55. The van der Waals surface area contributed by atoms with E-state index in [1.165, 1.54) is 7.11 Å². The number of allylic oxidation sites excluding steroid dienone is 3. The Labute approximate surface area is 200 Å². The maximum absolute atomic E-state index is 13.1. The summed E-state index contributed by atoms with van der Waals surface area (Å²) in [5, 5.41) is 2.63. The van der Waals surface area contributed by atoms with Gasteiger partial charge in [0, 0.05) is 23.3 Å². The van der Waals surface area contributed by atoms with E-state index in [0.717, 1.165) is 19.3 Å². The highest BCUT2D eigenvalue weighted by molar-refractivity contribution is 5.97. The van der Waals surface area contributed by atoms with Crippen LogP contribution in [0.25, 0.3) is 0 Å². The van der Waals surface area contributed by atoms with Crippen LogP contribution < -0.4 is 11.1 Å². The summed E-state index contributed by atoms with van der Waals surface area (Å²) >= 11 is 0. The van der Waals surface area contributed by atoms with Crippen molar-refractivity contribution in [3.63, 3.8) is 0 Å². The molecule has 186 valence electrons. The van der Waals surface area contributed by atoms with Crippen LogP contribution in [0.2, 0.25) is 0 Å². The third-order valence-electron chi connectivity index (χ3n) is 8.86. The molecule has 2 saturated carbocycles. The number of primary amides is 1. The lowest BCUT2D eigenvalue weighted by molar-refractivity contribution is -0.168. The van der Waals surface area contributed by atoms with E-state index in [4.69, 9.17) is 15.2 Å². The molecule has 34 heavy (non-hydrogen) atoms. The first-order valence-corrected chi connectivity index (χ1v) is 12.2. The molecule has 4 fully saturated rings. The number of nitrogens with one attached hydrogen (secondary N) is 1. The zero-order chi connectivity index (χ0) is 24.9. The molecular weight excluding hydrogens is 436 g/mol. The molecule has 8 heteroatoms. The van der Waals surface area contributed by atoms with Crippen LogP contribution in [0.4, 0.5) is 0 Å². The van der Waals surface area contributed by atoms with Gasteiger partial charge in [0.2, 0.25) is 11.8 Å². The molecule has 0 aromatic carbocycles. The Balaban J connectivity index is 1.42. The molecule has 3 N–H and O–H groups in total. The topological polar surface area (TPSA) is 125 Å². The van der Waals surface area contributed by atoms with E-state index in [2.05, 4.69) is 25.2 Å². The molecule has 0 aromatic rings. The summed E-state index contributed by atoms with van der Waals surface area (Å²) in [4.78, 5) is 48.9. The van der Waals surface area contributed by atoms with Crippen LogP contribution in [0, 0.1) is 22.7 Å². The Morgan fingerprint density at radius 2 is 2.09 bits per heavy atom. The number of ketones is 1. The predicted molar refractivity (Wildman–Crippen MR) is 124 cm³/mol. The summed E-state index contributed by atoms with van der Waals surface area (Å²) in [5.41, 5.74) is 5.04. The third kappa shape index (κ3) is 4.00. The van der Waals surface area contributed by atoms with Gasteiger partial charge in [0.25, 0.3) is 0 Å². The number of hydrogen-bond acceptors (Lipinski definition) is 6. The van der Waals surface area contributed by atoms with Gasteiger partial charge in [-0.3, -0.25) is 14.4 Å². The Morgan fingerprint density at radius 3 is 2.74 bits per heavy atom. The highest BCUT2D eigenvalue weighted by Gasteiger charge is 2.71. The average Bonchev–Trinajstić information content (AvgIpc) is 3.14. The van der Waals surface area contributed by atoms with Crippen molar-refractivity contribution in [2.75, 3.05) is 7.11 Å². The van der Waals surface area contributed by atoms with Crippen molar-refractivity contribution < 1.29 is 28.7 Å². The molecule has 5 aliphatic rings. The molecule has 0 radical (unpaired) electrons. The molecule has 8 nitrogen and oxygen atoms in total. The first-order valence-electron chi connectivity index (χ1n) is 12.2. The van der Waals surface area contributed by atoms with E-state index in [9.17, 15) is 19.2 Å². The molecule has 2 saturated heterocycles. The lowest BCUT2D eigenvalue weighted by atomic mass is 9.51. The monoisotopic (exact) mass is 472 g/mol. The number of ether oxygens (including phenoxy) is 2. The van der Waals surface area contributed by atoms with Crippen molar-refractivity contribution in [3.05, 3.63) is 23.8 Å². The number of esters is 1. The minimum absolute atomic E-state index is 0.0353. The van der Waals surface area contributed by atoms with Crippen molar-refractivity contribution in [1.82, 2.24) is 5.32 Å². The fourth-order valence-corrected chi connectivity index (χ4v) is 7.27. The van der Waals surface area contributed by atoms with Crippen molar-refractivity contribution in [2.45, 2.75) is 83.5 Å². The van der Waals surface area contributed by atoms with E-state index in [1.54, 1.807) is 13.0 Å². The number of carbonyl (C=O) groups is 4. The minimum atomic E-state index is -0.946. The highest BCUT2D eigenvalue weighted by Crippen LogP contribution is 2.71. The van der Waals surface area contributed by atoms with Gasteiger partial charge in [-0.2, -0.15) is 0 Å². The number of amides is 2. The van der Waals surface area contributed by atoms with E-state index in [1.807, 2.05) is 6.08 Å². The Bertz CT molecular complexity index is 972. The van der Waals surface area contributed by atoms with E-state index >= 15 is 0 Å². The molecular formula is C26H36N2O6. The van der Waals surface area contributed by atoms with Crippen LogP contribution in [0.15, 0.2) is 23.8 Å². The molecule has 0 aromatic heterocycles. The summed E-state index contributed by atoms with van der Waals surface area (Å²) in [7, 11) is 1.23. The van der Waals surface area contributed by atoms with Gasteiger partial charge in [0.1, 0.15) is 6.04 Å². The maximum atomic E-state index is 13.1. The van der Waals surface area contributed by atoms with Crippen LogP contribution in [-0.4, -0.2) is 48.4 Å². The molecule has 7 atom stereocenters. The zero-order valence-electron chi connectivity index (χ0n) is 20.5. The summed E-state index contributed by atoms with van der Waals surface area (Å²) < 4.78 is 11.2. The Hall–Kier alpha value is -2.48. The van der Waals surface area contributed by atoms with Gasteiger partial charge in [0.15, 0.2) is 5.78 Å². The van der Waals surface area contributed by atoms with Gasteiger partial charge in [0.05, 0.1) is 18.8 Å². The van der Waals surface area contributed by atoms with Crippen molar-refractivity contribution in [3.8, 4) is 0 Å². The van der Waals surface area contributed by atoms with E-state index in [-0.39, 0.29) is 41.7 Å². The number of methoxy groups -OCH3 is 1. The predicted octanol–water partition coefficient (Wildman–Crippen LogP) is 2.36. The van der Waals surface area contributed by atoms with Crippen LogP contribution >= 0.6 is 0 Å². The number of hydrogen-bond donors (Lipinski definition) is 2. The normalized spacial score (nSPS) is 38.5. The zero-order valence-corrected chi connectivity index (χ0v) is 20.5. The van der Waals surface area contributed by atoms with Crippen LogP contribution in [-0.2, 0) is 28.7 Å². The van der Waals surface area contributed by atoms with E-state index in [0.29, 0.717) is 24.3 Å². The molecule has 5 rings (SSSR count). The molecule has 4 bridgehead atoms. The molecule has 1 spiro atoms. The standard InChI is InChI=1S/C26H36N2O6/c1-15(22(31)28-17(23(32)33-4)7-8-20(27)30)6-5-10-24(2)19(29)9-11-26-13-16-12-18(21(24)26)34-25(16,3)14-26/h6,9,11,16-18,21H,5,7-8,10,12-14H2,1-4H3,(H2,27,30)(H,28,31). The minimum Gasteiger partial charge on any atom is -0.467 e. The van der Waals surface area contributed by atoms with Gasteiger partial charge in [-0.15, -0.1) is 0 Å². The lowest BCUT2D eigenvalue weighted by Crippen LogP contribution is -2.56. The fraction of sp³-hybridized carbons (Fsp3) is 0.692. The Morgan fingerprint density at radius 1 is 1.35 bits per heavy atom. The molecule has 2 aliphatic heterocycles. The second-order valence-electron chi connectivity index (χ2n) is 11.1. The van der Waals surface area contributed by atoms with Gasteiger partial charge in [-0.05, 0) is 69.8 Å². The third-order valence-corrected chi connectivity index (χ3v) is 8.86. The second kappa shape index (κ2) is 8.63. The quantitative estimate of drug-likeness (QED) is 0.392. The number of nitrogens with two attached hydrogens (primary N) is 1. The maximum Gasteiger partial charge on any atom is 0.328 e. The summed E-state index contributed by atoms with van der Waals surface area (Å²) in [6.45, 7) is 5.95. The molecule has 2 amide bonds. The Kier molecular flexibility index (Phi) is 6.25. The second-order valence-corrected chi connectivity index (χ2v) is 11.1. The fourth-order valence-electron chi connectivity index (χ4n) is 7.27. The summed E-state index contributed by atoms with van der Waals surface area (Å²) in [5.74, 6) is -0.730. The van der Waals surface area contributed by atoms with Gasteiger partial charge < -0.3 is 20.5 Å². The van der Waals surface area contributed by atoms with Crippen LogP contribution in [0.1, 0.15) is 65.7 Å². The van der Waals surface area contributed by atoms with Gasteiger partial charge in [-0.1, -0.05) is 19.1 Å². The van der Waals surface area contributed by atoms with Crippen molar-refractivity contribution >= 4 is 23.6 Å². The van der Waals surface area contributed by atoms with Crippen LogP contribution in [0.5, 0.6) is 0 Å². The number of carbonyl (C=O) groups excluding carboxylic acids is 4. The highest BCUT2D eigenvalue weighted by atomic mass is 16.5. The van der Waals surface area contributed by atoms with Crippen LogP contribution in [0.3, 0.4) is 0 Å². The average molecular weight is 473 g/mol. The number of rotatable bonds is 9. The van der Waals surface area contributed by atoms with Gasteiger partial charge >= 0.3 is 5.97 Å². The first kappa shape index (κ1) is 24.6. The van der Waals surface area contributed by atoms with Crippen molar-refractivity contribution in [1.29, 1.82) is 0 Å². The van der Waals surface area contributed by atoms with Crippen molar-refractivity contribution in [2.24, 2.45) is 28.4 Å². The van der Waals surface area contributed by atoms with E-state index < -0.39 is 29.2 Å².